The smallest absolute Gasteiger partial charge is 0.269 e. The van der Waals surface area contributed by atoms with Crippen molar-refractivity contribution in [3.63, 3.8) is 0 Å². The number of fused-ring (bicyclic) bond motifs is 2. The lowest BCUT2D eigenvalue weighted by Gasteiger charge is -2.08. The van der Waals surface area contributed by atoms with Gasteiger partial charge in [-0.2, -0.15) is 10.2 Å². The summed E-state index contributed by atoms with van der Waals surface area (Å²) in [5.74, 6) is 2.31. The Bertz CT molecular complexity index is 1890. The Labute approximate surface area is 248 Å². The van der Waals surface area contributed by atoms with Crippen LogP contribution in [0.3, 0.4) is 0 Å². The topological polar surface area (TPSA) is 151 Å². The van der Waals surface area contributed by atoms with Gasteiger partial charge in [0.2, 0.25) is 0 Å². The van der Waals surface area contributed by atoms with Crippen molar-refractivity contribution in [2.45, 2.75) is 0 Å². The number of aryl methyl sites for hydroxylation is 1. The number of nitro groups is 2. The second kappa shape index (κ2) is 11.7. The fraction of sp³-hybridized carbons (Fsp3) is 0.0370. The molecule has 14 heteroatoms. The standard InChI is InChI=1S/C14H10BrN3O3.C13H8BrN3O3/c1-17-13-7-12(15)14(6-9(13)8-16-17)21-11-4-2-10(3-5-11)18(19)20;14-11-6-12-8(7-15-16-12)5-13(11)20-10-3-1-9(2-4-10)17(18)19/h2-8H,1H3;1-7H,(H,15,16). The Morgan fingerprint density at radius 3 is 1.80 bits per heavy atom. The lowest BCUT2D eigenvalue weighted by molar-refractivity contribution is -0.385. The summed E-state index contributed by atoms with van der Waals surface area (Å²) in [6.07, 6.45) is 3.45. The zero-order valence-corrected chi connectivity index (χ0v) is 24.2. The molecule has 0 bridgehead atoms. The molecule has 6 aromatic rings. The molecule has 2 aromatic heterocycles. The molecular weight excluding hydrogens is 664 g/mol. The normalized spacial score (nSPS) is 10.7. The molecule has 0 saturated carbocycles. The Kier molecular flexibility index (Phi) is 7.94. The lowest BCUT2D eigenvalue weighted by atomic mass is 10.2. The summed E-state index contributed by atoms with van der Waals surface area (Å²) in [4.78, 5) is 20.3. The highest BCUT2D eigenvalue weighted by Gasteiger charge is 2.11. The summed E-state index contributed by atoms with van der Waals surface area (Å²) in [7, 11) is 1.87. The SMILES string of the molecule is Cn1ncc2cc(Oc3ccc([N+](=O)[O-])cc3)c(Br)cc21.O=[N+]([O-])c1ccc(Oc2cc3cn[nH]c3cc2Br)cc1. The van der Waals surface area contributed by atoms with E-state index >= 15 is 0 Å². The number of halogens is 2. The minimum atomic E-state index is -0.447. The van der Waals surface area contributed by atoms with Crippen LogP contribution in [0.1, 0.15) is 0 Å². The number of nitrogens with zero attached hydrogens (tertiary/aromatic N) is 5. The van der Waals surface area contributed by atoms with Crippen LogP contribution in [-0.4, -0.2) is 29.8 Å². The zero-order chi connectivity index (χ0) is 29.1. The van der Waals surface area contributed by atoms with Crippen molar-refractivity contribution in [2.75, 3.05) is 0 Å². The number of hydrogen-bond donors (Lipinski definition) is 1. The molecule has 1 N–H and O–H groups in total. The van der Waals surface area contributed by atoms with Gasteiger partial charge in [-0.1, -0.05) is 0 Å². The lowest BCUT2D eigenvalue weighted by Crippen LogP contribution is -1.91. The van der Waals surface area contributed by atoms with Crippen molar-refractivity contribution in [2.24, 2.45) is 7.05 Å². The number of nitro benzene ring substituents is 2. The van der Waals surface area contributed by atoms with E-state index in [9.17, 15) is 20.2 Å². The number of ether oxygens (including phenoxy) is 2. The van der Waals surface area contributed by atoms with Gasteiger partial charge in [0.25, 0.3) is 11.4 Å². The van der Waals surface area contributed by atoms with Gasteiger partial charge < -0.3 is 9.47 Å². The molecule has 41 heavy (non-hydrogen) atoms. The Hall–Kier alpha value is -4.82. The summed E-state index contributed by atoms with van der Waals surface area (Å²) in [5.41, 5.74) is 1.94. The first-order valence-electron chi connectivity index (χ1n) is 11.8. The van der Waals surface area contributed by atoms with E-state index in [1.807, 2.05) is 31.3 Å². The molecule has 4 aromatic carbocycles. The third-order valence-electron chi connectivity index (χ3n) is 5.84. The molecule has 0 saturated heterocycles. The van der Waals surface area contributed by atoms with Crippen LogP contribution >= 0.6 is 31.9 Å². The van der Waals surface area contributed by atoms with Gasteiger partial charge in [-0.05, 0) is 80.4 Å². The summed E-state index contributed by atoms with van der Waals surface area (Å²) in [6.45, 7) is 0. The first kappa shape index (κ1) is 27.7. The van der Waals surface area contributed by atoms with E-state index in [1.165, 1.54) is 24.3 Å². The number of non-ortho nitro benzene ring substituents is 2. The van der Waals surface area contributed by atoms with Gasteiger partial charge in [-0.25, -0.2) is 0 Å². The number of aromatic amines is 1. The van der Waals surface area contributed by atoms with E-state index in [1.54, 1.807) is 41.3 Å². The van der Waals surface area contributed by atoms with Crippen LogP contribution in [0, 0.1) is 20.2 Å². The zero-order valence-electron chi connectivity index (χ0n) is 21.0. The second-order valence-electron chi connectivity index (χ2n) is 8.56. The molecule has 0 aliphatic rings. The maximum atomic E-state index is 10.6. The first-order valence-corrected chi connectivity index (χ1v) is 13.3. The van der Waals surface area contributed by atoms with Crippen LogP contribution in [0.4, 0.5) is 11.4 Å². The minimum absolute atomic E-state index is 0.0294. The Morgan fingerprint density at radius 1 is 0.756 bits per heavy atom. The maximum Gasteiger partial charge on any atom is 0.269 e. The van der Waals surface area contributed by atoms with Crippen LogP contribution in [-0.2, 0) is 7.05 Å². The molecule has 2 heterocycles. The second-order valence-corrected chi connectivity index (χ2v) is 10.3. The van der Waals surface area contributed by atoms with Crippen LogP contribution < -0.4 is 9.47 Å². The highest BCUT2D eigenvalue weighted by Crippen LogP contribution is 2.35. The summed E-state index contributed by atoms with van der Waals surface area (Å²) in [6, 6.07) is 19.4. The molecule has 0 aliphatic heterocycles. The molecular formula is C27H18Br2N6O6. The predicted molar refractivity (Wildman–Crippen MR) is 159 cm³/mol. The number of aromatic nitrogens is 4. The average Bonchev–Trinajstić information content (AvgIpc) is 3.55. The molecule has 0 amide bonds. The number of H-pyrrole nitrogens is 1. The van der Waals surface area contributed by atoms with E-state index in [0.29, 0.717) is 23.0 Å². The number of rotatable bonds is 6. The Balaban J connectivity index is 0.000000165. The van der Waals surface area contributed by atoms with Crippen LogP contribution in [0.15, 0.2) is 94.1 Å². The molecule has 0 fully saturated rings. The average molecular weight is 682 g/mol. The monoisotopic (exact) mass is 680 g/mol. The fourth-order valence-electron chi connectivity index (χ4n) is 3.78. The van der Waals surface area contributed by atoms with Gasteiger partial charge >= 0.3 is 0 Å². The van der Waals surface area contributed by atoms with Gasteiger partial charge in [0.05, 0.1) is 42.2 Å². The van der Waals surface area contributed by atoms with Crippen molar-refractivity contribution in [1.82, 2.24) is 20.0 Å². The molecule has 0 radical (unpaired) electrons. The molecule has 6 rings (SSSR count). The third kappa shape index (κ3) is 6.34. The van der Waals surface area contributed by atoms with E-state index in [0.717, 1.165) is 30.8 Å². The predicted octanol–water partition coefficient (Wildman–Crippen LogP) is 8.06. The number of hydrogen-bond acceptors (Lipinski definition) is 8. The maximum absolute atomic E-state index is 10.6. The van der Waals surface area contributed by atoms with E-state index in [4.69, 9.17) is 9.47 Å². The third-order valence-corrected chi connectivity index (χ3v) is 7.08. The first-order chi connectivity index (χ1) is 19.7. The summed E-state index contributed by atoms with van der Waals surface area (Å²) < 4.78 is 14.8. The van der Waals surface area contributed by atoms with Crippen LogP contribution in [0.25, 0.3) is 21.8 Å². The molecule has 0 aliphatic carbocycles. The largest absolute Gasteiger partial charge is 0.456 e. The quantitative estimate of drug-likeness (QED) is 0.137. The molecule has 0 atom stereocenters. The number of benzene rings is 4. The summed E-state index contributed by atoms with van der Waals surface area (Å²) >= 11 is 6.87. The van der Waals surface area contributed by atoms with Gasteiger partial charge in [0.1, 0.15) is 23.0 Å². The van der Waals surface area contributed by atoms with Gasteiger partial charge in [0.15, 0.2) is 0 Å². The highest BCUT2D eigenvalue weighted by molar-refractivity contribution is 9.11. The van der Waals surface area contributed by atoms with Crippen LogP contribution in [0.2, 0.25) is 0 Å². The fourth-order valence-corrected chi connectivity index (χ4v) is 4.62. The van der Waals surface area contributed by atoms with Crippen molar-refractivity contribution in [1.29, 1.82) is 0 Å². The molecule has 0 unspecified atom stereocenters. The Morgan fingerprint density at radius 2 is 1.27 bits per heavy atom. The summed E-state index contributed by atoms with van der Waals surface area (Å²) in [5, 5.41) is 34.1. The molecule has 206 valence electrons. The molecule has 12 nitrogen and oxygen atoms in total. The van der Waals surface area contributed by atoms with E-state index < -0.39 is 9.85 Å². The van der Waals surface area contributed by atoms with Crippen molar-refractivity contribution in [3.8, 4) is 23.0 Å². The highest BCUT2D eigenvalue weighted by atomic mass is 79.9. The van der Waals surface area contributed by atoms with Crippen LogP contribution in [0.5, 0.6) is 23.0 Å². The van der Waals surface area contributed by atoms with Gasteiger partial charge in [-0.3, -0.25) is 30.0 Å². The van der Waals surface area contributed by atoms with Crippen molar-refractivity contribution < 1.29 is 19.3 Å². The van der Waals surface area contributed by atoms with Gasteiger partial charge in [-0.15, -0.1) is 0 Å². The minimum Gasteiger partial charge on any atom is -0.456 e. The van der Waals surface area contributed by atoms with E-state index in [-0.39, 0.29) is 11.4 Å². The number of nitrogens with one attached hydrogen (secondary N) is 1. The molecule has 0 spiro atoms. The van der Waals surface area contributed by atoms with Gasteiger partial charge in [0, 0.05) is 42.1 Å². The van der Waals surface area contributed by atoms with E-state index in [2.05, 4.69) is 47.2 Å². The van der Waals surface area contributed by atoms with Crippen molar-refractivity contribution in [3.05, 3.63) is 114 Å². The van der Waals surface area contributed by atoms with Crippen molar-refractivity contribution >= 4 is 65.0 Å².